The molecular weight excluding hydrogens is 659 g/mol. The lowest BCUT2D eigenvalue weighted by Gasteiger charge is -2.27. The van der Waals surface area contributed by atoms with E-state index in [-0.39, 0.29) is 0 Å². The Balaban J connectivity index is 3.46. The van der Waals surface area contributed by atoms with Crippen molar-refractivity contribution in [1.29, 1.82) is 0 Å². The van der Waals surface area contributed by atoms with E-state index >= 15 is 0 Å². The van der Waals surface area contributed by atoms with Crippen molar-refractivity contribution in [3.8, 4) is 0 Å². The Hall–Kier alpha value is -0.950. The molecule has 0 aromatic rings. The highest BCUT2D eigenvalue weighted by Gasteiger charge is 2.28. The molecule has 0 heterocycles. The van der Waals surface area contributed by atoms with Crippen molar-refractivity contribution < 1.29 is 25.2 Å². The van der Waals surface area contributed by atoms with Gasteiger partial charge in [-0.05, 0) is 38.5 Å². The molecule has 316 valence electrons. The Kier molecular flexibility index (Phi) is 41.4. The van der Waals surface area contributed by atoms with E-state index in [9.17, 15) is 25.2 Å². The summed E-state index contributed by atoms with van der Waals surface area (Å²) in [5, 5.41) is 43.1. The van der Waals surface area contributed by atoms with Crippen LogP contribution in [0.4, 0.5) is 0 Å². The van der Waals surface area contributed by atoms with Gasteiger partial charge in [0.2, 0.25) is 5.91 Å². The van der Waals surface area contributed by atoms with Gasteiger partial charge in [-0.3, -0.25) is 4.79 Å². The minimum atomic E-state index is -1.25. The zero-order valence-electron chi connectivity index (χ0n) is 35.5. The van der Waals surface area contributed by atoms with Gasteiger partial charge in [0.1, 0.15) is 12.2 Å². The predicted octanol–water partition coefficient (Wildman–Crippen LogP) is 12.6. The van der Waals surface area contributed by atoms with E-state index in [4.69, 9.17) is 0 Å². The van der Waals surface area contributed by atoms with Gasteiger partial charge in [-0.25, -0.2) is 0 Å². The number of allylic oxidation sites excluding steroid dienone is 2. The van der Waals surface area contributed by atoms with E-state index < -0.39 is 36.9 Å². The fraction of sp³-hybridized carbons (Fsp3) is 0.936. The average Bonchev–Trinajstić information content (AvgIpc) is 3.16. The third-order valence-corrected chi connectivity index (χ3v) is 11.2. The Morgan fingerprint density at radius 1 is 0.453 bits per heavy atom. The molecule has 0 saturated carbocycles. The van der Waals surface area contributed by atoms with Gasteiger partial charge < -0.3 is 25.7 Å². The molecule has 6 nitrogen and oxygen atoms in total. The maximum atomic E-state index is 12.4. The first-order valence-corrected chi connectivity index (χ1v) is 23.6. The summed E-state index contributed by atoms with van der Waals surface area (Å²) >= 11 is 0. The normalized spacial score (nSPS) is 14.2. The van der Waals surface area contributed by atoms with Gasteiger partial charge in [0.25, 0.3) is 0 Å². The smallest absolute Gasteiger partial charge is 0.249 e. The lowest BCUT2D eigenvalue weighted by atomic mass is 9.99. The van der Waals surface area contributed by atoms with Crippen LogP contribution in [0.1, 0.15) is 251 Å². The number of rotatable bonds is 43. The SMILES string of the molecule is CCCCCCCCCCCCCC/C=C\CCCCCCCCCCCCCCCCCCC(O)C(=O)NC(CO)C(O)C(O)CCCCCCC. The maximum absolute atomic E-state index is 12.4. The second kappa shape index (κ2) is 42.2. The van der Waals surface area contributed by atoms with E-state index in [1.54, 1.807) is 0 Å². The second-order valence-electron chi connectivity index (χ2n) is 16.5. The molecule has 0 aliphatic heterocycles. The number of unbranched alkanes of at least 4 members (excludes halogenated alkanes) is 32. The number of nitrogens with one attached hydrogen (secondary N) is 1. The van der Waals surface area contributed by atoms with Gasteiger partial charge in [0.05, 0.1) is 18.8 Å². The van der Waals surface area contributed by atoms with Gasteiger partial charge in [0, 0.05) is 0 Å². The molecule has 0 rings (SSSR count). The van der Waals surface area contributed by atoms with Gasteiger partial charge >= 0.3 is 0 Å². The van der Waals surface area contributed by atoms with Gasteiger partial charge in [-0.2, -0.15) is 0 Å². The highest BCUT2D eigenvalue weighted by molar-refractivity contribution is 5.80. The maximum Gasteiger partial charge on any atom is 0.249 e. The summed E-state index contributed by atoms with van der Waals surface area (Å²) in [4.78, 5) is 12.4. The molecule has 0 fully saturated rings. The summed E-state index contributed by atoms with van der Waals surface area (Å²) in [6.07, 6.45) is 47.6. The molecule has 0 spiro atoms. The lowest BCUT2D eigenvalue weighted by molar-refractivity contribution is -0.132. The molecule has 53 heavy (non-hydrogen) atoms. The number of hydrogen-bond acceptors (Lipinski definition) is 5. The Labute approximate surface area is 330 Å². The summed E-state index contributed by atoms with van der Waals surface area (Å²) < 4.78 is 0. The van der Waals surface area contributed by atoms with Crippen LogP contribution in [0.5, 0.6) is 0 Å². The lowest BCUT2D eigenvalue weighted by Crippen LogP contribution is -2.53. The molecule has 5 N–H and O–H groups in total. The molecule has 6 heteroatoms. The molecule has 0 bridgehead atoms. The van der Waals surface area contributed by atoms with Crippen LogP contribution in [0.25, 0.3) is 0 Å². The number of carbonyl (C=O) groups is 1. The highest BCUT2D eigenvalue weighted by Crippen LogP contribution is 2.17. The molecular formula is C47H93NO5. The standard InChI is InChI=1S/C47H93NO5/c1-3-5-7-9-10-11-12-13-14-15-16-17-18-19-20-21-22-23-24-25-26-27-28-29-30-31-32-33-34-35-37-39-41-45(51)47(53)48-43(42-49)46(52)44(50)40-38-36-8-6-4-2/h19-20,43-46,49-52H,3-18,21-42H2,1-2H3,(H,48,53)/b20-19-. The summed E-state index contributed by atoms with van der Waals surface area (Å²) in [7, 11) is 0. The number of hydrogen-bond donors (Lipinski definition) is 5. The molecule has 0 radical (unpaired) electrons. The van der Waals surface area contributed by atoms with Crippen molar-refractivity contribution in [3.05, 3.63) is 12.2 Å². The van der Waals surface area contributed by atoms with E-state index in [0.29, 0.717) is 12.8 Å². The average molecular weight is 752 g/mol. The Bertz CT molecular complexity index is 761. The molecule has 0 aliphatic rings. The largest absolute Gasteiger partial charge is 0.394 e. The fourth-order valence-corrected chi connectivity index (χ4v) is 7.46. The molecule has 0 saturated heterocycles. The number of amides is 1. The zero-order chi connectivity index (χ0) is 38.9. The monoisotopic (exact) mass is 752 g/mol. The van der Waals surface area contributed by atoms with Crippen LogP contribution in [0.2, 0.25) is 0 Å². The first-order chi connectivity index (χ1) is 26.0. The number of aliphatic hydroxyl groups is 4. The van der Waals surface area contributed by atoms with Gasteiger partial charge in [0.15, 0.2) is 0 Å². The van der Waals surface area contributed by atoms with E-state index in [2.05, 4.69) is 31.3 Å². The van der Waals surface area contributed by atoms with Crippen molar-refractivity contribution in [3.63, 3.8) is 0 Å². The van der Waals surface area contributed by atoms with Crippen molar-refractivity contribution in [2.24, 2.45) is 0 Å². The minimum absolute atomic E-state index is 0.372. The predicted molar refractivity (Wildman–Crippen MR) is 228 cm³/mol. The quantitative estimate of drug-likeness (QED) is 0.0315. The van der Waals surface area contributed by atoms with Crippen molar-refractivity contribution in [1.82, 2.24) is 5.32 Å². The second-order valence-corrected chi connectivity index (χ2v) is 16.5. The fourth-order valence-electron chi connectivity index (χ4n) is 7.46. The Morgan fingerprint density at radius 2 is 0.755 bits per heavy atom. The van der Waals surface area contributed by atoms with Gasteiger partial charge in [-0.15, -0.1) is 0 Å². The zero-order valence-corrected chi connectivity index (χ0v) is 35.5. The summed E-state index contributed by atoms with van der Waals surface area (Å²) in [5.74, 6) is -0.586. The van der Waals surface area contributed by atoms with Crippen LogP contribution < -0.4 is 5.32 Å². The van der Waals surface area contributed by atoms with E-state index in [1.807, 2.05) is 0 Å². The molecule has 4 unspecified atom stereocenters. The summed E-state index contributed by atoms with van der Waals surface area (Å²) in [6, 6.07) is -0.978. The van der Waals surface area contributed by atoms with E-state index in [1.165, 1.54) is 173 Å². The Morgan fingerprint density at radius 3 is 1.09 bits per heavy atom. The first kappa shape index (κ1) is 52.0. The molecule has 1 amide bonds. The van der Waals surface area contributed by atoms with Crippen molar-refractivity contribution in [2.75, 3.05) is 6.61 Å². The van der Waals surface area contributed by atoms with Crippen LogP contribution in [-0.2, 0) is 4.79 Å². The number of carbonyl (C=O) groups excluding carboxylic acids is 1. The molecule has 0 aromatic carbocycles. The summed E-state index contributed by atoms with van der Waals surface area (Å²) in [5.41, 5.74) is 0. The minimum Gasteiger partial charge on any atom is -0.394 e. The van der Waals surface area contributed by atoms with Crippen molar-refractivity contribution >= 4 is 5.91 Å². The van der Waals surface area contributed by atoms with Crippen LogP contribution in [0.15, 0.2) is 12.2 Å². The number of aliphatic hydroxyl groups excluding tert-OH is 4. The van der Waals surface area contributed by atoms with Crippen LogP contribution in [-0.4, -0.2) is 57.3 Å². The molecule has 4 atom stereocenters. The van der Waals surface area contributed by atoms with Gasteiger partial charge in [-0.1, -0.05) is 225 Å². The van der Waals surface area contributed by atoms with Crippen LogP contribution in [0.3, 0.4) is 0 Å². The highest BCUT2D eigenvalue weighted by atomic mass is 16.3. The first-order valence-electron chi connectivity index (χ1n) is 23.6. The van der Waals surface area contributed by atoms with E-state index in [0.717, 1.165) is 51.4 Å². The topological polar surface area (TPSA) is 110 Å². The van der Waals surface area contributed by atoms with Crippen LogP contribution in [0, 0.1) is 0 Å². The summed E-state index contributed by atoms with van der Waals surface area (Å²) in [6.45, 7) is 3.96. The van der Waals surface area contributed by atoms with Crippen LogP contribution >= 0.6 is 0 Å². The third kappa shape index (κ3) is 36.4. The third-order valence-electron chi connectivity index (χ3n) is 11.2. The molecule has 0 aromatic heterocycles. The van der Waals surface area contributed by atoms with Crippen molar-refractivity contribution in [2.45, 2.75) is 276 Å². The molecule has 0 aliphatic carbocycles.